The fraction of sp³-hybridized carbons (Fsp3) is 0.250. The molecule has 0 aliphatic carbocycles. The summed E-state index contributed by atoms with van der Waals surface area (Å²) in [5, 5.41) is 2.97. The maximum Gasteiger partial charge on any atom is 0.308 e. The van der Waals surface area contributed by atoms with E-state index < -0.39 is 5.97 Å². The first-order chi connectivity index (χ1) is 15.6. The van der Waals surface area contributed by atoms with Gasteiger partial charge in [-0.1, -0.05) is 23.7 Å². The van der Waals surface area contributed by atoms with Crippen LogP contribution < -0.4 is 19.9 Å². The highest BCUT2D eigenvalue weighted by molar-refractivity contribution is 6.31. The van der Waals surface area contributed by atoms with Gasteiger partial charge in [-0.15, -0.1) is 0 Å². The van der Waals surface area contributed by atoms with Crippen LogP contribution in [0.4, 0.5) is 17.2 Å². The number of carbonyl (C=O) groups excluding carboxylic acids is 2. The van der Waals surface area contributed by atoms with Gasteiger partial charge in [0.05, 0.1) is 0 Å². The Morgan fingerprint density at radius 1 is 0.939 bits per heavy atom. The van der Waals surface area contributed by atoms with Gasteiger partial charge in [0.25, 0.3) is 5.91 Å². The molecule has 8 nitrogen and oxygen atoms in total. The molecule has 1 heterocycles. The number of esters is 1. The Morgan fingerprint density at radius 2 is 1.58 bits per heavy atom. The molecular formula is C24H26ClN5O3. The van der Waals surface area contributed by atoms with E-state index in [0.717, 1.165) is 11.3 Å². The molecule has 0 atom stereocenters. The van der Waals surface area contributed by atoms with E-state index in [0.29, 0.717) is 29.3 Å². The lowest BCUT2D eigenvalue weighted by atomic mass is 10.1. The lowest BCUT2D eigenvalue weighted by Crippen LogP contribution is -2.16. The predicted molar refractivity (Wildman–Crippen MR) is 131 cm³/mol. The lowest BCUT2D eigenvalue weighted by Gasteiger charge is -2.17. The predicted octanol–water partition coefficient (Wildman–Crippen LogP) is 4.03. The Morgan fingerprint density at radius 3 is 2.12 bits per heavy atom. The number of halogens is 1. The van der Waals surface area contributed by atoms with Crippen LogP contribution in [0, 0.1) is 0 Å². The summed E-state index contributed by atoms with van der Waals surface area (Å²) < 4.78 is 5.17. The molecule has 2 aromatic carbocycles. The van der Waals surface area contributed by atoms with Crippen molar-refractivity contribution in [2.75, 3.05) is 43.3 Å². The van der Waals surface area contributed by atoms with Crippen molar-refractivity contribution in [2.24, 2.45) is 0 Å². The molecule has 0 unspecified atom stereocenters. The SMILES string of the molecule is CC(=O)Oc1c(Cl)nc(Cc2ccc(NC(=O)c3ccc(N(C)C)cc3)cc2)nc1N(C)C. The van der Waals surface area contributed by atoms with E-state index >= 15 is 0 Å². The van der Waals surface area contributed by atoms with Gasteiger partial charge in [0.15, 0.2) is 11.0 Å². The van der Waals surface area contributed by atoms with Crippen LogP contribution in [0.5, 0.6) is 5.75 Å². The minimum Gasteiger partial charge on any atom is -0.419 e. The molecule has 0 saturated carbocycles. The van der Waals surface area contributed by atoms with Gasteiger partial charge in [-0.3, -0.25) is 9.59 Å². The monoisotopic (exact) mass is 467 g/mol. The Kier molecular flexibility index (Phi) is 7.50. The number of benzene rings is 2. The van der Waals surface area contributed by atoms with E-state index in [4.69, 9.17) is 16.3 Å². The average Bonchev–Trinajstić information content (AvgIpc) is 2.76. The van der Waals surface area contributed by atoms with E-state index in [2.05, 4.69) is 15.3 Å². The first-order valence-electron chi connectivity index (χ1n) is 10.2. The van der Waals surface area contributed by atoms with E-state index in [1.165, 1.54) is 6.92 Å². The van der Waals surface area contributed by atoms with Crippen molar-refractivity contribution in [1.29, 1.82) is 0 Å². The van der Waals surface area contributed by atoms with Crippen molar-refractivity contribution in [3.05, 3.63) is 70.6 Å². The fourth-order valence-corrected chi connectivity index (χ4v) is 3.29. The van der Waals surface area contributed by atoms with Crippen LogP contribution in [-0.2, 0) is 11.2 Å². The maximum atomic E-state index is 12.5. The van der Waals surface area contributed by atoms with Crippen molar-refractivity contribution < 1.29 is 14.3 Å². The summed E-state index contributed by atoms with van der Waals surface area (Å²) in [7, 11) is 7.46. The number of nitrogens with zero attached hydrogens (tertiary/aromatic N) is 4. The molecule has 0 spiro atoms. The molecule has 1 amide bonds. The van der Waals surface area contributed by atoms with Crippen LogP contribution in [0.25, 0.3) is 0 Å². The summed E-state index contributed by atoms with van der Waals surface area (Å²) in [5.41, 5.74) is 3.22. The maximum absolute atomic E-state index is 12.5. The Balaban J connectivity index is 1.71. The number of nitrogens with one attached hydrogen (secondary N) is 1. The van der Waals surface area contributed by atoms with Gasteiger partial charge in [0, 0.05) is 58.5 Å². The highest BCUT2D eigenvalue weighted by Gasteiger charge is 2.18. The van der Waals surface area contributed by atoms with Crippen molar-refractivity contribution in [2.45, 2.75) is 13.3 Å². The lowest BCUT2D eigenvalue weighted by molar-refractivity contribution is -0.131. The van der Waals surface area contributed by atoms with Crippen LogP contribution in [0.15, 0.2) is 48.5 Å². The smallest absolute Gasteiger partial charge is 0.308 e. The zero-order valence-electron chi connectivity index (χ0n) is 19.2. The molecule has 172 valence electrons. The van der Waals surface area contributed by atoms with Gasteiger partial charge in [0.1, 0.15) is 5.82 Å². The molecule has 1 N–H and O–H groups in total. The zero-order chi connectivity index (χ0) is 24.1. The molecule has 0 radical (unpaired) electrons. The first kappa shape index (κ1) is 24.0. The van der Waals surface area contributed by atoms with Crippen molar-refractivity contribution >= 4 is 40.7 Å². The number of anilines is 3. The summed E-state index contributed by atoms with van der Waals surface area (Å²) in [5.74, 6) is 0.360. The third-order valence-electron chi connectivity index (χ3n) is 4.74. The molecule has 0 aliphatic rings. The van der Waals surface area contributed by atoms with Gasteiger partial charge >= 0.3 is 5.97 Å². The Hall–Kier alpha value is -3.65. The molecule has 3 aromatic rings. The van der Waals surface area contributed by atoms with Gasteiger partial charge in [0.2, 0.25) is 5.75 Å². The van der Waals surface area contributed by atoms with Crippen molar-refractivity contribution in [3.63, 3.8) is 0 Å². The summed E-state index contributed by atoms with van der Waals surface area (Å²) >= 11 is 6.25. The fourth-order valence-electron chi connectivity index (χ4n) is 3.07. The topological polar surface area (TPSA) is 87.7 Å². The van der Waals surface area contributed by atoms with E-state index in [1.807, 2.05) is 55.4 Å². The van der Waals surface area contributed by atoms with Crippen LogP contribution in [0.1, 0.15) is 28.7 Å². The summed E-state index contributed by atoms with van der Waals surface area (Å²) in [4.78, 5) is 36.3. The van der Waals surface area contributed by atoms with Gasteiger partial charge in [-0.25, -0.2) is 9.97 Å². The molecule has 0 saturated heterocycles. The van der Waals surface area contributed by atoms with Crippen LogP contribution in [-0.4, -0.2) is 50.0 Å². The second kappa shape index (κ2) is 10.3. The van der Waals surface area contributed by atoms with Crippen LogP contribution in [0.2, 0.25) is 5.15 Å². The van der Waals surface area contributed by atoms with Crippen molar-refractivity contribution in [1.82, 2.24) is 9.97 Å². The third-order valence-corrected chi connectivity index (χ3v) is 5.00. The molecule has 33 heavy (non-hydrogen) atoms. The van der Waals surface area contributed by atoms with Gasteiger partial charge < -0.3 is 19.9 Å². The van der Waals surface area contributed by atoms with E-state index in [1.54, 1.807) is 31.1 Å². The second-order valence-electron chi connectivity index (χ2n) is 7.84. The number of aromatic nitrogens is 2. The third kappa shape index (κ3) is 6.20. The quantitative estimate of drug-likeness (QED) is 0.414. The summed E-state index contributed by atoms with van der Waals surface area (Å²) in [6.45, 7) is 1.29. The van der Waals surface area contributed by atoms with Crippen molar-refractivity contribution in [3.8, 4) is 5.75 Å². The number of amides is 1. The zero-order valence-corrected chi connectivity index (χ0v) is 20.0. The molecule has 3 rings (SSSR count). The number of hydrogen-bond donors (Lipinski definition) is 1. The summed E-state index contributed by atoms with van der Waals surface area (Å²) in [6.07, 6.45) is 0.418. The van der Waals surface area contributed by atoms with Crippen LogP contribution in [0.3, 0.4) is 0 Å². The average molecular weight is 468 g/mol. The highest BCUT2D eigenvalue weighted by Crippen LogP contribution is 2.32. The largest absolute Gasteiger partial charge is 0.419 e. The first-order valence-corrected chi connectivity index (χ1v) is 10.6. The number of carbonyl (C=O) groups is 2. The van der Waals surface area contributed by atoms with Gasteiger partial charge in [-0.2, -0.15) is 0 Å². The van der Waals surface area contributed by atoms with E-state index in [-0.39, 0.29) is 16.8 Å². The van der Waals surface area contributed by atoms with E-state index in [9.17, 15) is 9.59 Å². The van der Waals surface area contributed by atoms with Crippen LogP contribution >= 0.6 is 11.6 Å². The normalized spacial score (nSPS) is 10.5. The van der Waals surface area contributed by atoms with Gasteiger partial charge in [-0.05, 0) is 42.0 Å². The molecule has 1 aromatic heterocycles. The minimum absolute atomic E-state index is 0.0723. The number of rotatable bonds is 7. The minimum atomic E-state index is -0.498. The molecular weight excluding hydrogens is 442 g/mol. The standard InChI is InChI=1S/C24H26ClN5O3/c1-15(31)33-21-22(25)27-20(28-23(21)30(4)5)14-16-6-10-18(11-7-16)26-24(32)17-8-12-19(13-9-17)29(2)3/h6-13H,14H2,1-5H3,(H,26,32). The molecule has 9 heteroatoms. The Labute approximate surface area is 198 Å². The molecule has 0 fully saturated rings. The Bertz CT molecular complexity index is 1150. The highest BCUT2D eigenvalue weighted by atomic mass is 35.5. The molecule has 0 aliphatic heterocycles. The number of hydrogen-bond acceptors (Lipinski definition) is 7. The summed E-state index contributed by atoms with van der Waals surface area (Å²) in [6, 6.07) is 14.8. The number of ether oxygens (including phenoxy) is 1. The molecule has 0 bridgehead atoms. The second-order valence-corrected chi connectivity index (χ2v) is 8.20.